The van der Waals surface area contributed by atoms with Gasteiger partial charge in [-0.3, -0.25) is 0 Å². The molecule has 0 bridgehead atoms. The van der Waals surface area contributed by atoms with E-state index in [9.17, 15) is 0 Å². The van der Waals surface area contributed by atoms with Crippen molar-refractivity contribution in [1.82, 2.24) is 0 Å². The molecule has 0 aromatic rings. The van der Waals surface area contributed by atoms with Crippen molar-refractivity contribution in [2.24, 2.45) is 5.73 Å². The summed E-state index contributed by atoms with van der Waals surface area (Å²) < 4.78 is 0. The van der Waals surface area contributed by atoms with Crippen molar-refractivity contribution in [3.63, 3.8) is 0 Å². The molecule has 0 atom stereocenters. The van der Waals surface area contributed by atoms with Gasteiger partial charge in [-0.15, -0.1) is 0 Å². The summed E-state index contributed by atoms with van der Waals surface area (Å²) in [5, 5.41) is 23.1. The maximum atomic E-state index is 8.05. The predicted molar refractivity (Wildman–Crippen MR) is 30.3 cm³/mol. The lowest BCUT2D eigenvalue weighted by molar-refractivity contribution is 0.194. The Labute approximate surface area is 48.6 Å². The smallest absolute Gasteiger partial charge is 0.0605 e. The quantitative estimate of drug-likeness (QED) is 0.339. The van der Waals surface area contributed by atoms with Crippen LogP contribution in [0.25, 0.3) is 0 Å². The fourth-order valence-corrected chi connectivity index (χ4v) is 0.0577. The van der Waals surface area contributed by atoms with E-state index in [2.05, 4.69) is 0 Å². The first-order chi connectivity index (χ1) is 3.81. The molecule has 0 aliphatic carbocycles. The highest BCUT2D eigenvalue weighted by Gasteiger charge is 1.91. The van der Waals surface area contributed by atoms with Crippen molar-refractivity contribution >= 4 is 0 Å². The van der Waals surface area contributed by atoms with E-state index in [4.69, 9.17) is 21.1 Å². The molecule has 0 aromatic carbocycles. The van der Waals surface area contributed by atoms with Gasteiger partial charge in [-0.05, 0) is 0 Å². The van der Waals surface area contributed by atoms with E-state index in [-0.39, 0.29) is 13.2 Å². The van der Waals surface area contributed by atoms with Crippen LogP contribution in [0, 0.1) is 0 Å². The Morgan fingerprint density at radius 1 is 1.25 bits per heavy atom. The molecule has 0 spiro atoms. The van der Waals surface area contributed by atoms with E-state index in [1.54, 1.807) is 0 Å². The summed E-state index contributed by atoms with van der Waals surface area (Å²) in [5.74, 6) is 0. The first kappa shape index (κ1) is 10.8. The summed E-state index contributed by atoms with van der Waals surface area (Å²) in [5.41, 5.74) is 4.97. The first-order valence-electron chi connectivity index (χ1n) is 2.23. The van der Waals surface area contributed by atoms with Crippen LogP contribution in [0.4, 0.5) is 0 Å². The van der Waals surface area contributed by atoms with Gasteiger partial charge in [0.2, 0.25) is 0 Å². The third kappa shape index (κ3) is 9.28. The molecular weight excluding hydrogens is 110 g/mol. The van der Waals surface area contributed by atoms with Crippen LogP contribution in [0.5, 0.6) is 0 Å². The van der Waals surface area contributed by atoms with Crippen LogP contribution in [0.15, 0.2) is 0 Å². The maximum absolute atomic E-state index is 8.05. The Hall–Kier alpha value is -0.160. The second-order valence-corrected chi connectivity index (χ2v) is 1.13. The third-order valence-corrected chi connectivity index (χ3v) is 0.469. The summed E-state index contributed by atoms with van der Waals surface area (Å²) in [6, 6.07) is -0.454. The molecule has 8 heavy (non-hydrogen) atoms. The SMILES string of the molecule is CO.NC(CO)CO. The van der Waals surface area contributed by atoms with Gasteiger partial charge in [-0.25, -0.2) is 0 Å². The van der Waals surface area contributed by atoms with Gasteiger partial charge in [0.05, 0.1) is 19.3 Å². The van der Waals surface area contributed by atoms with Crippen molar-refractivity contribution in [3.05, 3.63) is 0 Å². The van der Waals surface area contributed by atoms with E-state index >= 15 is 0 Å². The molecule has 0 rings (SSSR count). The normalized spacial score (nSPS) is 8.25. The Bertz CT molecular complexity index is 30.5. The van der Waals surface area contributed by atoms with Gasteiger partial charge in [0.1, 0.15) is 0 Å². The van der Waals surface area contributed by atoms with Crippen LogP contribution in [0.2, 0.25) is 0 Å². The van der Waals surface area contributed by atoms with E-state index in [1.165, 1.54) is 0 Å². The molecule has 0 saturated carbocycles. The zero-order valence-corrected chi connectivity index (χ0v) is 4.91. The Morgan fingerprint density at radius 2 is 1.50 bits per heavy atom. The lowest BCUT2D eigenvalue weighted by Gasteiger charge is -1.98. The molecule has 0 aliphatic rings. The number of hydrogen-bond acceptors (Lipinski definition) is 4. The second-order valence-electron chi connectivity index (χ2n) is 1.13. The molecule has 0 radical (unpaired) electrons. The monoisotopic (exact) mass is 123 g/mol. The van der Waals surface area contributed by atoms with E-state index < -0.39 is 6.04 Å². The molecule has 0 unspecified atom stereocenters. The number of rotatable bonds is 2. The summed E-state index contributed by atoms with van der Waals surface area (Å²) in [4.78, 5) is 0. The van der Waals surface area contributed by atoms with Crippen LogP contribution in [0.3, 0.4) is 0 Å². The summed E-state index contributed by atoms with van der Waals surface area (Å²) in [6.07, 6.45) is 0. The van der Waals surface area contributed by atoms with Crippen molar-refractivity contribution < 1.29 is 15.3 Å². The Balaban J connectivity index is 0. The van der Waals surface area contributed by atoms with E-state index in [1.807, 2.05) is 0 Å². The fourth-order valence-electron chi connectivity index (χ4n) is 0.0577. The van der Waals surface area contributed by atoms with Crippen molar-refractivity contribution in [2.45, 2.75) is 6.04 Å². The fraction of sp³-hybridized carbons (Fsp3) is 1.00. The number of nitrogens with two attached hydrogens (primary N) is 1. The second kappa shape index (κ2) is 9.96. The van der Waals surface area contributed by atoms with Crippen LogP contribution in [0.1, 0.15) is 0 Å². The average Bonchev–Trinajstić information content (AvgIpc) is 1.91. The van der Waals surface area contributed by atoms with Crippen molar-refractivity contribution in [3.8, 4) is 0 Å². The molecule has 4 heteroatoms. The number of hydrogen-bond donors (Lipinski definition) is 4. The van der Waals surface area contributed by atoms with E-state index in [0.717, 1.165) is 7.11 Å². The van der Waals surface area contributed by atoms with Gasteiger partial charge in [-0.1, -0.05) is 0 Å². The minimum atomic E-state index is -0.454. The highest BCUT2D eigenvalue weighted by atomic mass is 16.3. The van der Waals surface area contributed by atoms with Crippen molar-refractivity contribution in [2.75, 3.05) is 20.3 Å². The first-order valence-corrected chi connectivity index (χ1v) is 2.23. The average molecular weight is 123 g/mol. The minimum Gasteiger partial charge on any atom is -0.400 e. The summed E-state index contributed by atoms with van der Waals surface area (Å²) in [6.45, 7) is -0.285. The maximum Gasteiger partial charge on any atom is 0.0605 e. The van der Waals surface area contributed by atoms with Crippen LogP contribution in [-0.4, -0.2) is 41.7 Å². The molecule has 0 aromatic heterocycles. The highest BCUT2D eigenvalue weighted by molar-refractivity contribution is 4.52. The molecule has 0 saturated heterocycles. The van der Waals surface area contributed by atoms with Gasteiger partial charge in [0, 0.05) is 7.11 Å². The van der Waals surface area contributed by atoms with Crippen molar-refractivity contribution in [1.29, 1.82) is 0 Å². The van der Waals surface area contributed by atoms with Crippen LogP contribution in [-0.2, 0) is 0 Å². The molecule has 0 amide bonds. The van der Waals surface area contributed by atoms with Crippen LogP contribution < -0.4 is 5.73 Å². The largest absolute Gasteiger partial charge is 0.400 e. The molecule has 5 N–H and O–H groups in total. The Kier molecular flexibility index (Phi) is 13.4. The number of aliphatic hydroxyl groups excluding tert-OH is 3. The molecule has 0 aliphatic heterocycles. The predicted octanol–water partition coefficient (Wildman–Crippen LogP) is -2.09. The molecule has 52 valence electrons. The lowest BCUT2D eigenvalue weighted by Crippen LogP contribution is -2.27. The molecule has 4 nitrogen and oxygen atoms in total. The zero-order valence-electron chi connectivity index (χ0n) is 4.91. The van der Waals surface area contributed by atoms with E-state index in [0.29, 0.717) is 0 Å². The van der Waals surface area contributed by atoms with Crippen LogP contribution >= 0.6 is 0 Å². The third-order valence-electron chi connectivity index (χ3n) is 0.469. The van der Waals surface area contributed by atoms with Gasteiger partial charge >= 0.3 is 0 Å². The topological polar surface area (TPSA) is 86.7 Å². The summed E-state index contributed by atoms with van der Waals surface area (Å²) >= 11 is 0. The van der Waals surface area contributed by atoms with Gasteiger partial charge in [0.15, 0.2) is 0 Å². The minimum absolute atomic E-state index is 0.142. The highest BCUT2D eigenvalue weighted by Crippen LogP contribution is 1.66. The zero-order chi connectivity index (χ0) is 6.99. The lowest BCUT2D eigenvalue weighted by atomic mass is 10.4. The van der Waals surface area contributed by atoms with Gasteiger partial charge in [-0.2, -0.15) is 0 Å². The van der Waals surface area contributed by atoms with Gasteiger partial charge < -0.3 is 21.1 Å². The number of aliphatic hydroxyl groups is 3. The molecule has 0 heterocycles. The standard InChI is InChI=1S/C3H9NO2.CH4O/c4-3(1-5)2-6;1-2/h3,5-6H,1-2,4H2;2H,1H3. The Morgan fingerprint density at radius 3 is 1.50 bits per heavy atom. The summed E-state index contributed by atoms with van der Waals surface area (Å²) in [7, 11) is 1.00. The molecule has 0 fully saturated rings. The van der Waals surface area contributed by atoms with Gasteiger partial charge in [0.25, 0.3) is 0 Å². The molecular formula is C4H13NO3.